The molecule has 2 saturated carbocycles. The quantitative estimate of drug-likeness (QED) is 0.285. The van der Waals surface area contributed by atoms with Crippen molar-refractivity contribution in [3.05, 3.63) is 29.7 Å². The molecule has 2 amide bonds. The monoisotopic (exact) mass is 650 g/mol. The lowest BCUT2D eigenvalue weighted by molar-refractivity contribution is -0.150. The molecule has 0 unspecified atom stereocenters. The molecule has 2 aliphatic carbocycles. The lowest BCUT2D eigenvalue weighted by Crippen LogP contribution is -2.43. The summed E-state index contributed by atoms with van der Waals surface area (Å²) in [5, 5.41) is 12.4. The van der Waals surface area contributed by atoms with E-state index in [1.807, 2.05) is 0 Å². The molecule has 3 aliphatic rings. The fourth-order valence-corrected chi connectivity index (χ4v) is 5.71. The van der Waals surface area contributed by atoms with E-state index < -0.39 is 42.7 Å². The largest absolute Gasteiger partial charge is 0.489 e. The van der Waals surface area contributed by atoms with Gasteiger partial charge in [-0.2, -0.15) is 8.78 Å². The van der Waals surface area contributed by atoms with Crippen molar-refractivity contribution in [2.24, 2.45) is 17.6 Å². The maximum Gasteiger partial charge on any atom is 0.407 e. The van der Waals surface area contributed by atoms with Crippen molar-refractivity contribution in [2.75, 3.05) is 26.9 Å². The number of amides is 2. The fraction of sp³-hybridized carbons (Fsp3) is 0.613. The highest BCUT2D eigenvalue weighted by Gasteiger charge is 2.44. The van der Waals surface area contributed by atoms with Gasteiger partial charge in [0.2, 0.25) is 5.89 Å². The predicted octanol–water partition coefficient (Wildman–Crippen LogP) is 3.78. The number of hydrogen-bond donors (Lipinski definition) is 3. The molecule has 252 valence electrons. The number of ether oxygens (including phenoxy) is 4. The number of nitrogens with zero attached hydrogens (tertiary/aromatic N) is 2. The molecule has 0 bridgehead atoms. The van der Waals surface area contributed by atoms with Gasteiger partial charge in [-0.25, -0.2) is 14.6 Å². The molecule has 1 aliphatic heterocycles. The summed E-state index contributed by atoms with van der Waals surface area (Å²) >= 11 is 0. The lowest BCUT2D eigenvalue weighted by atomic mass is 9.88. The number of oxazole rings is 1. The number of hydrogen-bond acceptors (Lipinski definition) is 11. The molecule has 46 heavy (non-hydrogen) atoms. The number of rotatable bonds is 12. The standard InChI is InChI=1S/C31H40F2N4O9/c1-16(34)26-25(36-27(46-26)19-7-10-23(45-30(32)33)24(11-19)43-14-17-3-4-17)28(39)37-13-20(35-31(41)42-2)12-22(37)29(40)44-15-18-5-8-21(38)9-6-18/h7,10-11,16-18,20-22,30,38H,3-6,8-9,12-15,34H2,1-2H3,(H,35,41)/t16-,18?,20+,21?,22-/m0/s1. The van der Waals surface area contributed by atoms with Gasteiger partial charge in [-0.3, -0.25) is 4.79 Å². The first-order valence-electron chi connectivity index (χ1n) is 15.5. The van der Waals surface area contributed by atoms with Crippen LogP contribution in [0.3, 0.4) is 0 Å². The third-order valence-electron chi connectivity index (χ3n) is 8.47. The molecular formula is C31H40F2N4O9. The lowest BCUT2D eigenvalue weighted by Gasteiger charge is -2.27. The second-order valence-electron chi connectivity index (χ2n) is 12.2. The van der Waals surface area contributed by atoms with Crippen molar-refractivity contribution in [3.8, 4) is 23.0 Å². The average Bonchev–Trinajstić information content (AvgIpc) is 3.59. The molecule has 1 aromatic carbocycles. The molecule has 15 heteroatoms. The molecule has 1 aromatic heterocycles. The van der Waals surface area contributed by atoms with Crippen LogP contribution < -0.4 is 20.5 Å². The van der Waals surface area contributed by atoms with Crippen molar-refractivity contribution in [1.29, 1.82) is 0 Å². The van der Waals surface area contributed by atoms with Crippen LogP contribution in [0.25, 0.3) is 11.5 Å². The van der Waals surface area contributed by atoms with Crippen LogP contribution in [0.5, 0.6) is 11.5 Å². The average molecular weight is 651 g/mol. The first kappa shape index (κ1) is 33.4. The Balaban J connectivity index is 1.39. The van der Waals surface area contributed by atoms with Crippen LogP contribution in [-0.2, 0) is 14.3 Å². The first-order chi connectivity index (χ1) is 22.0. The second kappa shape index (κ2) is 14.6. The van der Waals surface area contributed by atoms with E-state index in [2.05, 4.69) is 15.0 Å². The van der Waals surface area contributed by atoms with Crippen LogP contribution >= 0.6 is 0 Å². The van der Waals surface area contributed by atoms with Gasteiger partial charge in [0.15, 0.2) is 23.0 Å². The number of aliphatic hydroxyl groups is 1. The molecule has 0 spiro atoms. The summed E-state index contributed by atoms with van der Waals surface area (Å²) < 4.78 is 52.8. The number of benzene rings is 1. The van der Waals surface area contributed by atoms with E-state index in [4.69, 9.17) is 24.4 Å². The summed E-state index contributed by atoms with van der Waals surface area (Å²) in [5.74, 6) is -0.907. The van der Waals surface area contributed by atoms with Gasteiger partial charge >= 0.3 is 18.7 Å². The highest BCUT2D eigenvalue weighted by Crippen LogP contribution is 2.37. The Bertz CT molecular complexity index is 1390. The minimum atomic E-state index is -3.06. The van der Waals surface area contributed by atoms with Crippen molar-refractivity contribution in [3.63, 3.8) is 0 Å². The molecule has 4 N–H and O–H groups in total. The van der Waals surface area contributed by atoms with Gasteiger partial charge in [0.05, 0.1) is 38.5 Å². The van der Waals surface area contributed by atoms with Crippen LogP contribution in [0.4, 0.5) is 13.6 Å². The van der Waals surface area contributed by atoms with E-state index in [-0.39, 0.29) is 60.4 Å². The Hall–Kier alpha value is -3.98. The van der Waals surface area contributed by atoms with Gasteiger partial charge < -0.3 is 44.4 Å². The summed E-state index contributed by atoms with van der Waals surface area (Å²) in [4.78, 5) is 45.1. The molecule has 2 heterocycles. The van der Waals surface area contributed by atoms with Crippen molar-refractivity contribution in [2.45, 2.75) is 82.7 Å². The van der Waals surface area contributed by atoms with Crippen LogP contribution in [0, 0.1) is 11.8 Å². The summed E-state index contributed by atoms with van der Waals surface area (Å²) in [7, 11) is 1.21. The van der Waals surface area contributed by atoms with Crippen LogP contribution in [0.2, 0.25) is 0 Å². The zero-order chi connectivity index (χ0) is 33.0. The van der Waals surface area contributed by atoms with Gasteiger partial charge in [-0.15, -0.1) is 0 Å². The minimum Gasteiger partial charge on any atom is -0.489 e. The number of aromatic nitrogens is 1. The predicted molar refractivity (Wildman–Crippen MR) is 157 cm³/mol. The van der Waals surface area contributed by atoms with E-state index in [0.29, 0.717) is 30.9 Å². The number of nitrogens with one attached hydrogen (secondary N) is 1. The highest BCUT2D eigenvalue weighted by molar-refractivity contribution is 5.97. The summed E-state index contributed by atoms with van der Waals surface area (Å²) in [6.07, 6.45) is 3.68. The van der Waals surface area contributed by atoms with Crippen LogP contribution in [-0.4, -0.2) is 84.6 Å². The number of carbonyl (C=O) groups is 3. The number of carbonyl (C=O) groups excluding carboxylic acids is 3. The SMILES string of the molecule is COC(=O)N[C@@H]1C[C@@H](C(=O)OCC2CCC(O)CC2)N(C(=O)c2nc(-c3ccc(OC(F)F)c(OCC4CC4)c3)oc2[C@H](C)N)C1. The summed E-state index contributed by atoms with van der Waals surface area (Å²) in [6.45, 7) is -1.02. The normalized spacial score (nSPS) is 23.6. The Morgan fingerprint density at radius 2 is 1.80 bits per heavy atom. The zero-order valence-corrected chi connectivity index (χ0v) is 25.8. The number of alkyl halides is 2. The van der Waals surface area contributed by atoms with Crippen molar-refractivity contribution in [1.82, 2.24) is 15.2 Å². The van der Waals surface area contributed by atoms with E-state index >= 15 is 0 Å². The second-order valence-corrected chi connectivity index (χ2v) is 12.2. The molecule has 0 radical (unpaired) electrons. The van der Waals surface area contributed by atoms with Gasteiger partial charge in [-0.1, -0.05) is 0 Å². The molecule has 3 fully saturated rings. The number of likely N-dealkylation sites (tertiary alicyclic amines) is 1. The van der Waals surface area contributed by atoms with E-state index in [9.17, 15) is 28.3 Å². The van der Waals surface area contributed by atoms with Crippen molar-refractivity contribution < 1.29 is 51.6 Å². The van der Waals surface area contributed by atoms with Gasteiger partial charge in [-0.05, 0) is 75.5 Å². The maximum absolute atomic E-state index is 14.0. The van der Waals surface area contributed by atoms with Crippen LogP contribution in [0.1, 0.15) is 74.2 Å². The van der Waals surface area contributed by atoms with Gasteiger partial charge in [0.25, 0.3) is 5.91 Å². The minimum absolute atomic E-state index is 0.0161. The zero-order valence-electron chi connectivity index (χ0n) is 25.8. The number of aliphatic hydroxyl groups excluding tert-OH is 1. The van der Waals surface area contributed by atoms with Gasteiger partial charge in [0, 0.05) is 18.5 Å². The molecule has 13 nitrogen and oxygen atoms in total. The summed E-state index contributed by atoms with van der Waals surface area (Å²) in [6, 6.07) is 1.76. The van der Waals surface area contributed by atoms with Crippen molar-refractivity contribution >= 4 is 18.0 Å². The Morgan fingerprint density at radius 3 is 2.46 bits per heavy atom. The Kier molecular flexibility index (Phi) is 10.6. The number of halogens is 2. The summed E-state index contributed by atoms with van der Waals surface area (Å²) in [5.41, 5.74) is 6.35. The molecular weight excluding hydrogens is 610 g/mol. The maximum atomic E-state index is 14.0. The fourth-order valence-electron chi connectivity index (χ4n) is 5.71. The Labute approximate surface area is 264 Å². The molecule has 1 saturated heterocycles. The number of methoxy groups -OCH3 is 1. The number of nitrogens with two attached hydrogens (primary N) is 1. The highest BCUT2D eigenvalue weighted by atomic mass is 19.3. The van der Waals surface area contributed by atoms with E-state index in [0.717, 1.165) is 25.7 Å². The van der Waals surface area contributed by atoms with E-state index in [1.165, 1.54) is 30.2 Å². The number of esters is 1. The third kappa shape index (κ3) is 8.23. The van der Waals surface area contributed by atoms with Gasteiger partial charge in [0.1, 0.15) is 6.04 Å². The molecule has 3 atom stereocenters. The smallest absolute Gasteiger partial charge is 0.407 e. The number of alkyl carbamates (subject to hydrolysis) is 1. The first-order valence-corrected chi connectivity index (χ1v) is 15.5. The van der Waals surface area contributed by atoms with Crippen LogP contribution in [0.15, 0.2) is 22.6 Å². The third-order valence-corrected chi connectivity index (χ3v) is 8.47. The van der Waals surface area contributed by atoms with E-state index in [1.54, 1.807) is 6.92 Å². The molecule has 2 aromatic rings. The molecule has 5 rings (SSSR count). The Morgan fingerprint density at radius 1 is 1.11 bits per heavy atom. The topological polar surface area (TPSA) is 176 Å².